The van der Waals surface area contributed by atoms with Crippen LogP contribution in [0.4, 0.5) is 5.95 Å². The number of hydrogen-bond acceptors (Lipinski definition) is 4. The SMILES string of the molecule is Cc1cc(C)nc(N(C)CCCC2CCCO2)n1. The molecule has 100 valence electrons. The van der Waals surface area contributed by atoms with Gasteiger partial charge in [-0.2, -0.15) is 0 Å². The monoisotopic (exact) mass is 249 g/mol. The molecule has 1 aliphatic rings. The van der Waals surface area contributed by atoms with Crippen molar-refractivity contribution < 1.29 is 4.74 Å². The van der Waals surface area contributed by atoms with Gasteiger partial charge in [-0.15, -0.1) is 0 Å². The molecule has 1 aliphatic heterocycles. The van der Waals surface area contributed by atoms with Crippen molar-refractivity contribution >= 4 is 5.95 Å². The molecule has 0 N–H and O–H groups in total. The maximum Gasteiger partial charge on any atom is 0.225 e. The van der Waals surface area contributed by atoms with Crippen LogP contribution in [0.1, 0.15) is 37.1 Å². The molecule has 0 radical (unpaired) electrons. The number of rotatable bonds is 5. The largest absolute Gasteiger partial charge is 0.378 e. The van der Waals surface area contributed by atoms with Crippen LogP contribution in [0.5, 0.6) is 0 Å². The lowest BCUT2D eigenvalue weighted by molar-refractivity contribution is 0.103. The van der Waals surface area contributed by atoms with E-state index in [4.69, 9.17) is 4.74 Å². The zero-order valence-electron chi connectivity index (χ0n) is 11.6. The van der Waals surface area contributed by atoms with Crippen molar-refractivity contribution in [2.24, 2.45) is 0 Å². The van der Waals surface area contributed by atoms with E-state index in [1.54, 1.807) is 0 Å². The highest BCUT2D eigenvalue weighted by Gasteiger charge is 2.15. The average Bonchev–Trinajstić information content (AvgIpc) is 2.80. The van der Waals surface area contributed by atoms with Crippen LogP contribution in [-0.4, -0.2) is 36.3 Å². The molecule has 1 unspecified atom stereocenters. The molecular formula is C14H23N3O. The van der Waals surface area contributed by atoms with Crippen LogP contribution in [0.15, 0.2) is 6.07 Å². The number of aromatic nitrogens is 2. The Bertz CT molecular complexity index is 368. The van der Waals surface area contributed by atoms with E-state index in [1.807, 2.05) is 19.9 Å². The molecule has 1 fully saturated rings. The number of ether oxygens (including phenoxy) is 1. The van der Waals surface area contributed by atoms with Crippen molar-refractivity contribution in [3.05, 3.63) is 17.5 Å². The van der Waals surface area contributed by atoms with E-state index in [9.17, 15) is 0 Å². The molecule has 0 saturated carbocycles. The fourth-order valence-corrected chi connectivity index (χ4v) is 2.41. The van der Waals surface area contributed by atoms with Crippen LogP contribution in [-0.2, 0) is 4.74 Å². The zero-order valence-corrected chi connectivity index (χ0v) is 11.6. The van der Waals surface area contributed by atoms with Crippen molar-refractivity contribution in [1.29, 1.82) is 0 Å². The van der Waals surface area contributed by atoms with Crippen LogP contribution < -0.4 is 4.90 Å². The van der Waals surface area contributed by atoms with E-state index < -0.39 is 0 Å². The van der Waals surface area contributed by atoms with Gasteiger partial charge in [-0.25, -0.2) is 9.97 Å². The fourth-order valence-electron chi connectivity index (χ4n) is 2.41. The Morgan fingerprint density at radius 3 is 2.67 bits per heavy atom. The van der Waals surface area contributed by atoms with Gasteiger partial charge in [-0.3, -0.25) is 0 Å². The van der Waals surface area contributed by atoms with Gasteiger partial charge in [-0.1, -0.05) is 0 Å². The number of anilines is 1. The number of hydrogen-bond donors (Lipinski definition) is 0. The van der Waals surface area contributed by atoms with Crippen molar-refractivity contribution in [2.75, 3.05) is 25.1 Å². The van der Waals surface area contributed by atoms with Crippen LogP contribution in [0, 0.1) is 13.8 Å². The smallest absolute Gasteiger partial charge is 0.225 e. The molecule has 1 saturated heterocycles. The number of nitrogens with zero attached hydrogens (tertiary/aromatic N) is 3. The minimum atomic E-state index is 0.485. The lowest BCUT2D eigenvalue weighted by Gasteiger charge is -2.18. The Hall–Kier alpha value is -1.16. The second-order valence-corrected chi connectivity index (χ2v) is 5.15. The quantitative estimate of drug-likeness (QED) is 0.803. The molecule has 1 aromatic rings. The lowest BCUT2D eigenvalue weighted by atomic mass is 10.1. The Morgan fingerprint density at radius 1 is 1.33 bits per heavy atom. The molecule has 1 aromatic heterocycles. The maximum absolute atomic E-state index is 5.63. The van der Waals surface area contributed by atoms with Crippen molar-refractivity contribution in [1.82, 2.24) is 9.97 Å². The maximum atomic E-state index is 5.63. The predicted octanol–water partition coefficient (Wildman–Crippen LogP) is 2.49. The highest BCUT2D eigenvalue weighted by molar-refractivity contribution is 5.30. The summed E-state index contributed by atoms with van der Waals surface area (Å²) in [6, 6.07) is 2.00. The summed E-state index contributed by atoms with van der Waals surface area (Å²) in [5, 5.41) is 0. The molecule has 4 heteroatoms. The standard InChI is InChI=1S/C14H23N3O/c1-11-10-12(2)16-14(15-11)17(3)8-4-6-13-7-5-9-18-13/h10,13H,4-9H2,1-3H3. The van der Waals surface area contributed by atoms with Crippen LogP contribution in [0.25, 0.3) is 0 Å². The zero-order chi connectivity index (χ0) is 13.0. The first-order valence-electron chi connectivity index (χ1n) is 6.80. The summed E-state index contributed by atoms with van der Waals surface area (Å²) in [6.45, 7) is 5.96. The van der Waals surface area contributed by atoms with Crippen LogP contribution in [0.2, 0.25) is 0 Å². The molecule has 0 bridgehead atoms. The van der Waals surface area contributed by atoms with Gasteiger partial charge < -0.3 is 9.64 Å². The molecule has 2 heterocycles. The summed E-state index contributed by atoms with van der Waals surface area (Å²) in [4.78, 5) is 11.1. The first-order chi connectivity index (χ1) is 8.65. The molecule has 2 rings (SSSR count). The Labute approximate surface area is 109 Å². The van der Waals surface area contributed by atoms with Gasteiger partial charge in [0.1, 0.15) is 0 Å². The third-order valence-electron chi connectivity index (χ3n) is 3.36. The van der Waals surface area contributed by atoms with Gasteiger partial charge in [-0.05, 0) is 45.6 Å². The summed E-state index contributed by atoms with van der Waals surface area (Å²) >= 11 is 0. The van der Waals surface area contributed by atoms with Gasteiger partial charge in [0.05, 0.1) is 6.10 Å². The van der Waals surface area contributed by atoms with E-state index in [0.29, 0.717) is 6.10 Å². The van der Waals surface area contributed by atoms with Crippen LogP contribution in [0.3, 0.4) is 0 Å². The van der Waals surface area contributed by atoms with Crippen molar-refractivity contribution in [3.8, 4) is 0 Å². The molecule has 1 atom stereocenters. The van der Waals surface area contributed by atoms with Gasteiger partial charge in [0.15, 0.2) is 0 Å². The summed E-state index contributed by atoms with van der Waals surface area (Å²) < 4.78 is 5.63. The topological polar surface area (TPSA) is 38.2 Å². The molecule has 0 amide bonds. The first kappa shape index (κ1) is 13.3. The summed E-state index contributed by atoms with van der Waals surface area (Å²) in [5.41, 5.74) is 2.06. The lowest BCUT2D eigenvalue weighted by Crippen LogP contribution is -2.22. The summed E-state index contributed by atoms with van der Waals surface area (Å²) in [5.74, 6) is 0.833. The molecular weight excluding hydrogens is 226 g/mol. The van der Waals surface area contributed by atoms with Crippen molar-refractivity contribution in [2.45, 2.75) is 45.6 Å². The summed E-state index contributed by atoms with van der Waals surface area (Å²) in [6.07, 6.45) is 5.22. The molecule has 0 spiro atoms. The van der Waals surface area contributed by atoms with E-state index in [1.165, 1.54) is 12.8 Å². The Balaban J connectivity index is 1.81. The van der Waals surface area contributed by atoms with E-state index in [-0.39, 0.29) is 0 Å². The minimum Gasteiger partial charge on any atom is -0.378 e. The second kappa shape index (κ2) is 6.14. The van der Waals surface area contributed by atoms with E-state index in [0.717, 1.165) is 43.3 Å². The normalized spacial score (nSPS) is 19.2. The van der Waals surface area contributed by atoms with Gasteiger partial charge in [0.2, 0.25) is 5.95 Å². The van der Waals surface area contributed by atoms with Gasteiger partial charge in [0, 0.05) is 31.6 Å². The second-order valence-electron chi connectivity index (χ2n) is 5.15. The third-order valence-corrected chi connectivity index (χ3v) is 3.36. The van der Waals surface area contributed by atoms with E-state index >= 15 is 0 Å². The predicted molar refractivity (Wildman–Crippen MR) is 73.0 cm³/mol. The highest BCUT2D eigenvalue weighted by atomic mass is 16.5. The molecule has 0 aromatic carbocycles. The van der Waals surface area contributed by atoms with Crippen LogP contribution >= 0.6 is 0 Å². The number of aryl methyl sites for hydroxylation is 2. The third kappa shape index (κ3) is 3.67. The highest BCUT2D eigenvalue weighted by Crippen LogP contribution is 2.17. The molecule has 18 heavy (non-hydrogen) atoms. The molecule has 4 nitrogen and oxygen atoms in total. The minimum absolute atomic E-state index is 0.485. The van der Waals surface area contributed by atoms with Crippen molar-refractivity contribution in [3.63, 3.8) is 0 Å². The fraction of sp³-hybridized carbons (Fsp3) is 0.714. The molecule has 0 aliphatic carbocycles. The Morgan fingerprint density at radius 2 is 2.06 bits per heavy atom. The van der Waals surface area contributed by atoms with E-state index in [2.05, 4.69) is 21.9 Å². The van der Waals surface area contributed by atoms with Gasteiger partial charge in [0.25, 0.3) is 0 Å². The average molecular weight is 249 g/mol. The Kier molecular flexibility index (Phi) is 4.53. The van der Waals surface area contributed by atoms with Gasteiger partial charge >= 0.3 is 0 Å². The first-order valence-corrected chi connectivity index (χ1v) is 6.80. The summed E-state index contributed by atoms with van der Waals surface area (Å²) in [7, 11) is 2.06.